The van der Waals surface area contributed by atoms with Crippen molar-refractivity contribution in [3.63, 3.8) is 0 Å². The lowest BCUT2D eigenvalue weighted by Gasteiger charge is -2.21. The largest absolute Gasteiger partial charge is 0.431 e. The van der Waals surface area contributed by atoms with Crippen LogP contribution in [0.25, 0.3) is 0 Å². The summed E-state index contributed by atoms with van der Waals surface area (Å²) in [5.74, 6) is 0.339. The minimum absolute atomic E-state index is 0.0778. The van der Waals surface area contributed by atoms with E-state index < -0.39 is 0 Å². The van der Waals surface area contributed by atoms with Gasteiger partial charge in [0.05, 0.1) is 0 Å². The van der Waals surface area contributed by atoms with Crippen LogP contribution in [-0.2, 0) is 4.79 Å². The molecule has 0 aromatic carbocycles. The Labute approximate surface area is 123 Å². The Morgan fingerprint density at radius 2 is 1.95 bits per heavy atom. The van der Waals surface area contributed by atoms with E-state index in [1.54, 1.807) is 0 Å². The maximum absolute atomic E-state index is 12.0. The van der Waals surface area contributed by atoms with E-state index in [0.717, 1.165) is 12.8 Å². The molecule has 2 N–H and O–H groups in total. The molecule has 2 amide bonds. The lowest BCUT2D eigenvalue weighted by molar-refractivity contribution is -0.117. The highest BCUT2D eigenvalue weighted by Gasteiger charge is 2.30. The Morgan fingerprint density at radius 1 is 1.19 bits per heavy atom. The monoisotopic (exact) mass is 291 g/mol. The molecule has 0 atom stereocenters. The molecule has 6 heteroatoms. The maximum atomic E-state index is 12.0. The number of carbonyl (C=O) groups excluding carboxylic acids is 2. The van der Waals surface area contributed by atoms with Crippen molar-refractivity contribution in [2.45, 2.75) is 44.9 Å². The summed E-state index contributed by atoms with van der Waals surface area (Å²) in [6.45, 7) is 0.690. The van der Waals surface area contributed by atoms with Gasteiger partial charge in [-0.3, -0.25) is 14.9 Å². The molecule has 6 nitrogen and oxygen atoms in total. The van der Waals surface area contributed by atoms with Crippen molar-refractivity contribution in [1.29, 1.82) is 0 Å². The highest BCUT2D eigenvalue weighted by atomic mass is 16.4. The van der Waals surface area contributed by atoms with Crippen LogP contribution in [0.4, 0.5) is 6.01 Å². The number of rotatable bonds is 5. The number of carbonyl (C=O) groups is 2. The molecule has 2 aliphatic carbocycles. The number of anilines is 1. The number of hydrogen-bond donors (Lipinski definition) is 2. The summed E-state index contributed by atoms with van der Waals surface area (Å²) in [5, 5.41) is 5.48. The van der Waals surface area contributed by atoms with E-state index in [0.29, 0.717) is 12.5 Å². The van der Waals surface area contributed by atoms with Gasteiger partial charge >= 0.3 is 6.01 Å². The Kier molecular flexibility index (Phi) is 4.22. The molecular weight excluding hydrogens is 270 g/mol. The van der Waals surface area contributed by atoms with E-state index in [-0.39, 0.29) is 29.4 Å². The van der Waals surface area contributed by atoms with Crippen LogP contribution in [0.15, 0.2) is 10.7 Å². The third kappa shape index (κ3) is 3.83. The molecule has 0 saturated heterocycles. The molecular formula is C15H21N3O3. The summed E-state index contributed by atoms with van der Waals surface area (Å²) in [5.41, 5.74) is 0.219. The Balaban J connectivity index is 1.47. The summed E-state index contributed by atoms with van der Waals surface area (Å²) in [4.78, 5) is 27.6. The fraction of sp³-hybridized carbons (Fsp3) is 0.667. The van der Waals surface area contributed by atoms with Crippen molar-refractivity contribution in [2.75, 3.05) is 11.9 Å². The highest BCUT2D eigenvalue weighted by molar-refractivity contribution is 5.94. The van der Waals surface area contributed by atoms with Crippen LogP contribution in [0.5, 0.6) is 0 Å². The van der Waals surface area contributed by atoms with Gasteiger partial charge < -0.3 is 9.73 Å². The average molecular weight is 291 g/mol. The second kappa shape index (κ2) is 6.28. The third-order valence-electron chi connectivity index (χ3n) is 4.19. The molecule has 1 aromatic rings. The van der Waals surface area contributed by atoms with Gasteiger partial charge in [0, 0.05) is 12.5 Å². The van der Waals surface area contributed by atoms with Crippen molar-refractivity contribution in [3.8, 4) is 0 Å². The fourth-order valence-corrected chi connectivity index (χ4v) is 2.71. The number of hydrogen-bond acceptors (Lipinski definition) is 4. The predicted octanol–water partition coefficient (Wildman–Crippen LogP) is 2.33. The zero-order valence-corrected chi connectivity index (χ0v) is 12.1. The molecule has 114 valence electrons. The maximum Gasteiger partial charge on any atom is 0.302 e. The topological polar surface area (TPSA) is 84.2 Å². The van der Waals surface area contributed by atoms with Gasteiger partial charge in [-0.15, -0.1) is 0 Å². The van der Waals surface area contributed by atoms with Gasteiger partial charge in [0.1, 0.15) is 6.26 Å². The SMILES string of the molecule is O=C(NCC1CCCCC1)c1coc(NC(=O)C2CC2)n1. The first-order valence-corrected chi connectivity index (χ1v) is 7.77. The smallest absolute Gasteiger partial charge is 0.302 e. The minimum atomic E-state index is -0.240. The van der Waals surface area contributed by atoms with Gasteiger partial charge in [-0.1, -0.05) is 19.3 Å². The number of oxazole rings is 1. The molecule has 0 aliphatic heterocycles. The van der Waals surface area contributed by atoms with Crippen LogP contribution in [-0.4, -0.2) is 23.3 Å². The molecule has 1 heterocycles. The Morgan fingerprint density at radius 3 is 2.67 bits per heavy atom. The Bertz CT molecular complexity index is 516. The second-order valence-electron chi connectivity index (χ2n) is 6.02. The number of nitrogens with one attached hydrogen (secondary N) is 2. The highest BCUT2D eigenvalue weighted by Crippen LogP contribution is 2.30. The van der Waals surface area contributed by atoms with Gasteiger partial charge in [0.15, 0.2) is 5.69 Å². The van der Waals surface area contributed by atoms with E-state index in [1.807, 2.05) is 0 Å². The van der Waals surface area contributed by atoms with Crippen LogP contribution in [0.1, 0.15) is 55.4 Å². The quantitative estimate of drug-likeness (QED) is 0.872. The van der Waals surface area contributed by atoms with Crippen LogP contribution >= 0.6 is 0 Å². The van der Waals surface area contributed by atoms with E-state index in [9.17, 15) is 9.59 Å². The average Bonchev–Trinajstić information content (AvgIpc) is 3.26. The number of aromatic nitrogens is 1. The molecule has 0 radical (unpaired) electrons. The van der Waals surface area contributed by atoms with Crippen molar-refractivity contribution in [2.24, 2.45) is 11.8 Å². The number of nitrogens with zero attached hydrogens (tertiary/aromatic N) is 1. The molecule has 1 aromatic heterocycles. The third-order valence-corrected chi connectivity index (χ3v) is 4.19. The van der Waals surface area contributed by atoms with Gasteiger partial charge in [-0.05, 0) is 31.6 Å². The van der Waals surface area contributed by atoms with Crippen LogP contribution in [0.2, 0.25) is 0 Å². The first-order valence-electron chi connectivity index (χ1n) is 7.77. The van der Waals surface area contributed by atoms with E-state index in [2.05, 4.69) is 15.6 Å². The first-order chi connectivity index (χ1) is 10.2. The Hall–Kier alpha value is -1.85. The number of amides is 2. The molecule has 3 rings (SSSR count). The molecule has 0 spiro atoms. The van der Waals surface area contributed by atoms with Crippen molar-refractivity contribution in [1.82, 2.24) is 10.3 Å². The molecule has 21 heavy (non-hydrogen) atoms. The van der Waals surface area contributed by atoms with E-state index >= 15 is 0 Å². The van der Waals surface area contributed by atoms with Crippen LogP contribution in [0, 0.1) is 11.8 Å². The standard InChI is InChI=1S/C15H21N3O3/c19-13(11-6-7-11)18-15-17-12(9-21-15)14(20)16-8-10-4-2-1-3-5-10/h9-11H,1-8H2,(H,16,20)(H,17,18,19). The first kappa shape index (κ1) is 14.1. The van der Waals surface area contributed by atoms with Gasteiger partial charge in [0.2, 0.25) is 5.91 Å². The van der Waals surface area contributed by atoms with E-state index in [1.165, 1.54) is 38.4 Å². The summed E-state index contributed by atoms with van der Waals surface area (Å²) in [7, 11) is 0. The summed E-state index contributed by atoms with van der Waals surface area (Å²) < 4.78 is 5.12. The molecule has 0 unspecified atom stereocenters. The van der Waals surface area contributed by atoms with E-state index in [4.69, 9.17) is 4.42 Å². The second-order valence-corrected chi connectivity index (χ2v) is 6.02. The van der Waals surface area contributed by atoms with Gasteiger partial charge in [0.25, 0.3) is 5.91 Å². The lowest BCUT2D eigenvalue weighted by Crippen LogP contribution is -2.30. The summed E-state index contributed by atoms with van der Waals surface area (Å²) in [6.07, 6.45) is 9.30. The molecule has 2 fully saturated rings. The molecule has 0 bridgehead atoms. The molecule has 2 saturated carbocycles. The lowest BCUT2D eigenvalue weighted by atomic mass is 9.89. The summed E-state index contributed by atoms with van der Waals surface area (Å²) in [6, 6.07) is 0.106. The van der Waals surface area contributed by atoms with Crippen LogP contribution < -0.4 is 10.6 Å². The van der Waals surface area contributed by atoms with Crippen LogP contribution in [0.3, 0.4) is 0 Å². The van der Waals surface area contributed by atoms with Crippen molar-refractivity contribution >= 4 is 17.8 Å². The summed E-state index contributed by atoms with van der Waals surface area (Å²) >= 11 is 0. The minimum Gasteiger partial charge on any atom is -0.431 e. The zero-order chi connectivity index (χ0) is 14.7. The fourth-order valence-electron chi connectivity index (χ4n) is 2.71. The zero-order valence-electron chi connectivity index (χ0n) is 12.1. The van der Waals surface area contributed by atoms with Crippen molar-refractivity contribution < 1.29 is 14.0 Å². The molecule has 2 aliphatic rings. The normalized spacial score (nSPS) is 19.2. The van der Waals surface area contributed by atoms with Gasteiger partial charge in [-0.25, -0.2) is 0 Å². The predicted molar refractivity (Wildman–Crippen MR) is 76.8 cm³/mol. The van der Waals surface area contributed by atoms with Gasteiger partial charge in [-0.2, -0.15) is 4.98 Å². The van der Waals surface area contributed by atoms with Crippen molar-refractivity contribution in [3.05, 3.63) is 12.0 Å².